The first-order valence-electron chi connectivity index (χ1n) is 7.38. The van der Waals surface area contributed by atoms with Crippen LogP contribution in [0.4, 0.5) is 14.5 Å². The van der Waals surface area contributed by atoms with Gasteiger partial charge in [-0.05, 0) is 42.8 Å². The van der Waals surface area contributed by atoms with Crippen LogP contribution in [0.25, 0.3) is 0 Å². The number of anilines is 1. The van der Waals surface area contributed by atoms with Gasteiger partial charge in [-0.2, -0.15) is 8.78 Å². The molecule has 2 aromatic rings. The zero-order valence-electron chi connectivity index (χ0n) is 13.2. The molecule has 0 aromatic heterocycles. The van der Waals surface area contributed by atoms with Crippen LogP contribution < -0.4 is 15.4 Å². The number of carbonyl (C=O) groups is 1. The number of carbonyl (C=O) groups excluding carboxylic acids is 1. The van der Waals surface area contributed by atoms with Crippen molar-refractivity contribution in [3.8, 4) is 5.75 Å². The zero-order valence-corrected chi connectivity index (χ0v) is 15.6. The number of amides is 1. The van der Waals surface area contributed by atoms with Crippen LogP contribution in [0.1, 0.15) is 18.5 Å². The third kappa shape index (κ3) is 6.17. The SMILES string of the molecule is CC(NC(=O)CNc1ccc(OC(F)F)c(Cl)c1)c1ccc(Br)cc1. The third-order valence-corrected chi connectivity index (χ3v) is 4.17. The summed E-state index contributed by atoms with van der Waals surface area (Å²) in [5.41, 5.74) is 1.51. The lowest BCUT2D eigenvalue weighted by atomic mass is 10.1. The van der Waals surface area contributed by atoms with Crippen molar-refractivity contribution >= 4 is 39.1 Å². The highest BCUT2D eigenvalue weighted by atomic mass is 79.9. The summed E-state index contributed by atoms with van der Waals surface area (Å²) in [4.78, 5) is 12.0. The van der Waals surface area contributed by atoms with Crippen LogP contribution >= 0.6 is 27.5 Å². The zero-order chi connectivity index (χ0) is 18.4. The van der Waals surface area contributed by atoms with Crippen LogP contribution in [0, 0.1) is 0 Å². The third-order valence-electron chi connectivity index (χ3n) is 3.35. The minimum absolute atomic E-state index is 0.0201. The van der Waals surface area contributed by atoms with E-state index in [-0.39, 0.29) is 29.3 Å². The summed E-state index contributed by atoms with van der Waals surface area (Å²) in [7, 11) is 0. The molecule has 25 heavy (non-hydrogen) atoms. The average molecular weight is 434 g/mol. The Bertz CT molecular complexity index is 729. The minimum Gasteiger partial charge on any atom is -0.433 e. The molecule has 0 heterocycles. The van der Waals surface area contributed by atoms with E-state index in [1.807, 2.05) is 31.2 Å². The van der Waals surface area contributed by atoms with Gasteiger partial charge in [0.15, 0.2) is 0 Å². The first-order valence-corrected chi connectivity index (χ1v) is 8.55. The number of alkyl halides is 2. The molecule has 0 aliphatic rings. The van der Waals surface area contributed by atoms with Gasteiger partial charge < -0.3 is 15.4 Å². The Labute approximate surface area is 157 Å². The maximum absolute atomic E-state index is 12.2. The molecule has 0 fully saturated rings. The molecule has 2 N–H and O–H groups in total. The monoisotopic (exact) mass is 432 g/mol. The summed E-state index contributed by atoms with van der Waals surface area (Å²) in [5.74, 6) is -0.324. The number of benzene rings is 2. The first-order chi connectivity index (χ1) is 11.8. The van der Waals surface area contributed by atoms with Crippen molar-refractivity contribution in [2.75, 3.05) is 11.9 Å². The molecule has 0 aliphatic carbocycles. The number of rotatable bonds is 7. The number of hydrogen-bond acceptors (Lipinski definition) is 3. The Morgan fingerprint density at radius 2 is 1.92 bits per heavy atom. The van der Waals surface area contributed by atoms with E-state index in [0.717, 1.165) is 10.0 Å². The predicted octanol–water partition coefficient (Wildman–Crippen LogP) is 4.99. The topological polar surface area (TPSA) is 50.4 Å². The number of halogens is 4. The van der Waals surface area contributed by atoms with Crippen molar-refractivity contribution in [2.45, 2.75) is 19.6 Å². The van der Waals surface area contributed by atoms with E-state index in [4.69, 9.17) is 11.6 Å². The highest BCUT2D eigenvalue weighted by molar-refractivity contribution is 9.10. The van der Waals surface area contributed by atoms with Gasteiger partial charge in [-0.25, -0.2) is 0 Å². The van der Waals surface area contributed by atoms with E-state index >= 15 is 0 Å². The predicted molar refractivity (Wildman–Crippen MR) is 97.3 cm³/mol. The van der Waals surface area contributed by atoms with Gasteiger partial charge in [-0.15, -0.1) is 0 Å². The van der Waals surface area contributed by atoms with Gasteiger partial charge in [0.1, 0.15) is 5.75 Å². The molecule has 1 unspecified atom stereocenters. The minimum atomic E-state index is -2.94. The molecule has 134 valence electrons. The average Bonchev–Trinajstić information content (AvgIpc) is 2.55. The summed E-state index contributed by atoms with van der Waals surface area (Å²) < 4.78 is 29.6. The quantitative estimate of drug-likeness (QED) is 0.646. The second kappa shape index (κ2) is 9.01. The van der Waals surface area contributed by atoms with Crippen LogP contribution in [0.15, 0.2) is 46.9 Å². The lowest BCUT2D eigenvalue weighted by molar-refractivity contribution is -0.120. The molecule has 0 radical (unpaired) electrons. The highest BCUT2D eigenvalue weighted by Gasteiger charge is 2.11. The fourth-order valence-corrected chi connectivity index (χ4v) is 2.60. The Morgan fingerprint density at radius 3 is 2.52 bits per heavy atom. The van der Waals surface area contributed by atoms with E-state index in [2.05, 4.69) is 31.3 Å². The number of ether oxygens (including phenoxy) is 1. The van der Waals surface area contributed by atoms with Gasteiger partial charge in [0.05, 0.1) is 17.6 Å². The van der Waals surface area contributed by atoms with Crippen LogP contribution in [-0.2, 0) is 4.79 Å². The van der Waals surface area contributed by atoms with Gasteiger partial charge in [-0.1, -0.05) is 39.7 Å². The standard InChI is InChI=1S/C17H16BrClF2N2O2/c1-10(11-2-4-12(18)5-3-11)23-16(24)9-22-13-6-7-15(14(19)8-13)25-17(20)21/h2-8,10,17,22H,9H2,1H3,(H,23,24). The molecule has 4 nitrogen and oxygen atoms in total. The molecule has 0 aliphatic heterocycles. The Kier molecular flexibility index (Phi) is 7.01. The van der Waals surface area contributed by atoms with Gasteiger partial charge >= 0.3 is 6.61 Å². The van der Waals surface area contributed by atoms with Crippen LogP contribution in [0.2, 0.25) is 5.02 Å². The molecule has 1 amide bonds. The van der Waals surface area contributed by atoms with Crippen molar-refractivity contribution in [2.24, 2.45) is 0 Å². The maximum Gasteiger partial charge on any atom is 0.387 e. The Hall–Kier alpha value is -1.86. The van der Waals surface area contributed by atoms with Crippen LogP contribution in [0.5, 0.6) is 5.75 Å². The normalized spacial score (nSPS) is 11.9. The van der Waals surface area contributed by atoms with Gasteiger partial charge in [0.25, 0.3) is 0 Å². The van der Waals surface area contributed by atoms with E-state index in [9.17, 15) is 13.6 Å². The van der Waals surface area contributed by atoms with E-state index in [0.29, 0.717) is 5.69 Å². The van der Waals surface area contributed by atoms with Crippen molar-refractivity contribution in [1.29, 1.82) is 0 Å². The van der Waals surface area contributed by atoms with Gasteiger partial charge in [-0.3, -0.25) is 4.79 Å². The molecule has 0 bridgehead atoms. The van der Waals surface area contributed by atoms with Crippen LogP contribution in [-0.4, -0.2) is 19.1 Å². The fraction of sp³-hybridized carbons (Fsp3) is 0.235. The summed E-state index contributed by atoms with van der Waals surface area (Å²) in [6, 6.07) is 11.8. The molecular formula is C17H16BrClF2N2O2. The summed E-state index contributed by atoms with van der Waals surface area (Å²) >= 11 is 9.22. The van der Waals surface area contributed by atoms with E-state index < -0.39 is 6.61 Å². The second-order valence-corrected chi connectivity index (χ2v) is 6.54. The van der Waals surface area contributed by atoms with Crippen LogP contribution in [0.3, 0.4) is 0 Å². The van der Waals surface area contributed by atoms with Crippen molar-refractivity contribution in [3.05, 3.63) is 57.5 Å². The fourth-order valence-electron chi connectivity index (χ4n) is 2.11. The Balaban J connectivity index is 1.87. The molecule has 2 rings (SSSR count). The molecule has 1 atom stereocenters. The highest BCUT2D eigenvalue weighted by Crippen LogP contribution is 2.28. The van der Waals surface area contributed by atoms with E-state index in [1.54, 1.807) is 0 Å². The van der Waals surface area contributed by atoms with Gasteiger partial charge in [0, 0.05) is 10.2 Å². The Morgan fingerprint density at radius 1 is 1.24 bits per heavy atom. The van der Waals surface area contributed by atoms with Crippen molar-refractivity contribution in [3.63, 3.8) is 0 Å². The molecule has 2 aromatic carbocycles. The molecular weight excluding hydrogens is 418 g/mol. The largest absolute Gasteiger partial charge is 0.433 e. The van der Waals surface area contributed by atoms with E-state index in [1.165, 1.54) is 18.2 Å². The van der Waals surface area contributed by atoms with Gasteiger partial charge in [0.2, 0.25) is 5.91 Å². The maximum atomic E-state index is 12.2. The van der Waals surface area contributed by atoms with Crippen molar-refractivity contribution < 1.29 is 18.3 Å². The molecule has 8 heteroatoms. The molecule has 0 saturated carbocycles. The molecule has 0 saturated heterocycles. The summed E-state index contributed by atoms with van der Waals surface area (Å²) in [6.07, 6.45) is 0. The smallest absolute Gasteiger partial charge is 0.387 e. The second-order valence-electron chi connectivity index (χ2n) is 5.22. The lowest BCUT2D eigenvalue weighted by Gasteiger charge is -2.15. The number of nitrogens with one attached hydrogen (secondary N) is 2. The molecule has 0 spiro atoms. The summed E-state index contributed by atoms with van der Waals surface area (Å²) in [6.45, 7) is -1.04. The first kappa shape index (κ1) is 19.5. The number of hydrogen-bond donors (Lipinski definition) is 2. The lowest BCUT2D eigenvalue weighted by Crippen LogP contribution is -2.32. The van der Waals surface area contributed by atoms with Crippen molar-refractivity contribution in [1.82, 2.24) is 5.32 Å². The summed E-state index contributed by atoms with van der Waals surface area (Å²) in [5, 5.41) is 5.79.